The first kappa shape index (κ1) is 74.3. The Morgan fingerprint density at radius 1 is 0.266 bits per heavy atom. The van der Waals surface area contributed by atoms with Gasteiger partial charge in [0.05, 0.1) is 0 Å². The maximum atomic E-state index is 12.9. The smallest absolute Gasteiger partial charge is 0.306 e. The molecular formula is C73H118O6. The van der Waals surface area contributed by atoms with Gasteiger partial charge in [-0.05, 0) is 141 Å². The predicted molar refractivity (Wildman–Crippen MR) is 343 cm³/mol. The van der Waals surface area contributed by atoms with Crippen molar-refractivity contribution in [1.29, 1.82) is 0 Å². The fraction of sp³-hybridized carbons (Fsp3) is 0.630. The largest absolute Gasteiger partial charge is 0.462 e. The van der Waals surface area contributed by atoms with Crippen LogP contribution in [0.4, 0.5) is 0 Å². The SMILES string of the molecule is CC/C=C\C/C=C\C/C=C\C/C=C\C/C=C\C/C=C\C/C=C\CCCCCCCCCC(=O)OCC(COC(=O)CCCCCCC/C=C\C/C=C\CCCCC)OC(=O)CCCCCCCCC/C=C\C/C=C\C/C=C\CC. The van der Waals surface area contributed by atoms with Crippen LogP contribution in [0.25, 0.3) is 0 Å². The summed E-state index contributed by atoms with van der Waals surface area (Å²) in [6.45, 7) is 6.36. The lowest BCUT2D eigenvalue weighted by Crippen LogP contribution is -2.30. The molecule has 0 bridgehead atoms. The van der Waals surface area contributed by atoms with Crippen molar-refractivity contribution in [3.8, 4) is 0 Å². The molecule has 0 heterocycles. The van der Waals surface area contributed by atoms with Crippen LogP contribution in [0, 0.1) is 0 Å². The minimum atomic E-state index is -0.801. The number of carbonyl (C=O) groups excluding carboxylic acids is 3. The van der Waals surface area contributed by atoms with E-state index in [4.69, 9.17) is 14.2 Å². The Balaban J connectivity index is 4.39. The second kappa shape index (κ2) is 65.8. The maximum Gasteiger partial charge on any atom is 0.306 e. The first-order chi connectivity index (χ1) is 39.0. The molecule has 0 aromatic rings. The van der Waals surface area contributed by atoms with Gasteiger partial charge in [-0.25, -0.2) is 0 Å². The fourth-order valence-corrected chi connectivity index (χ4v) is 8.53. The minimum Gasteiger partial charge on any atom is -0.462 e. The fourth-order valence-electron chi connectivity index (χ4n) is 8.53. The Hall–Kier alpha value is -4.71. The number of ether oxygens (including phenoxy) is 3. The predicted octanol–water partition coefficient (Wildman–Crippen LogP) is 22.3. The van der Waals surface area contributed by atoms with E-state index in [1.165, 1.54) is 77.0 Å². The van der Waals surface area contributed by atoms with Gasteiger partial charge in [0.1, 0.15) is 13.2 Å². The molecule has 0 aliphatic heterocycles. The van der Waals surface area contributed by atoms with Gasteiger partial charge in [0.25, 0.3) is 0 Å². The third kappa shape index (κ3) is 64.0. The second-order valence-electron chi connectivity index (χ2n) is 20.9. The Labute approximate surface area is 487 Å². The molecule has 0 aromatic carbocycles. The average molecular weight is 1090 g/mol. The highest BCUT2D eigenvalue weighted by Gasteiger charge is 2.19. The molecule has 0 saturated heterocycles. The zero-order valence-corrected chi connectivity index (χ0v) is 51.1. The summed E-state index contributed by atoms with van der Waals surface area (Å²) in [5.41, 5.74) is 0. The minimum absolute atomic E-state index is 0.0973. The van der Waals surface area contributed by atoms with E-state index in [-0.39, 0.29) is 31.1 Å². The first-order valence-corrected chi connectivity index (χ1v) is 32.3. The quantitative estimate of drug-likeness (QED) is 0.0261. The van der Waals surface area contributed by atoms with Gasteiger partial charge in [-0.1, -0.05) is 263 Å². The van der Waals surface area contributed by atoms with Crippen LogP contribution in [-0.2, 0) is 28.6 Å². The number of hydrogen-bond donors (Lipinski definition) is 0. The molecule has 0 aliphatic carbocycles. The van der Waals surface area contributed by atoms with Crippen molar-refractivity contribution in [1.82, 2.24) is 0 Å². The number of hydrogen-bond acceptors (Lipinski definition) is 6. The Bertz CT molecular complexity index is 1730. The van der Waals surface area contributed by atoms with E-state index in [1.807, 2.05) is 0 Å². The van der Waals surface area contributed by atoms with Gasteiger partial charge in [0, 0.05) is 19.3 Å². The molecule has 1 unspecified atom stereocenters. The van der Waals surface area contributed by atoms with Gasteiger partial charge in [0.2, 0.25) is 0 Å². The molecule has 0 spiro atoms. The second-order valence-corrected chi connectivity index (χ2v) is 20.9. The van der Waals surface area contributed by atoms with Gasteiger partial charge < -0.3 is 14.2 Å². The summed E-state index contributed by atoms with van der Waals surface area (Å²) >= 11 is 0. The van der Waals surface area contributed by atoms with E-state index in [9.17, 15) is 14.4 Å². The van der Waals surface area contributed by atoms with Crippen molar-refractivity contribution >= 4 is 17.9 Å². The molecule has 0 amide bonds. The van der Waals surface area contributed by atoms with Crippen LogP contribution in [0.15, 0.2) is 146 Å². The highest BCUT2D eigenvalue weighted by atomic mass is 16.6. The molecule has 0 fully saturated rings. The lowest BCUT2D eigenvalue weighted by atomic mass is 10.1. The van der Waals surface area contributed by atoms with Crippen LogP contribution in [0.1, 0.15) is 278 Å². The molecule has 0 rings (SSSR count). The number of carbonyl (C=O) groups is 3. The van der Waals surface area contributed by atoms with Gasteiger partial charge in [-0.3, -0.25) is 14.4 Å². The van der Waals surface area contributed by atoms with Crippen molar-refractivity contribution in [2.45, 2.75) is 284 Å². The molecule has 1 atom stereocenters. The van der Waals surface area contributed by atoms with Crippen molar-refractivity contribution in [3.05, 3.63) is 146 Å². The maximum absolute atomic E-state index is 12.9. The van der Waals surface area contributed by atoms with Crippen LogP contribution >= 0.6 is 0 Å². The van der Waals surface area contributed by atoms with Crippen LogP contribution in [-0.4, -0.2) is 37.2 Å². The summed E-state index contributed by atoms with van der Waals surface area (Å²) in [5.74, 6) is -0.931. The van der Waals surface area contributed by atoms with E-state index in [1.54, 1.807) is 0 Å². The number of unbranched alkanes of at least 4 members (excludes halogenated alkanes) is 22. The van der Waals surface area contributed by atoms with E-state index in [0.717, 1.165) is 161 Å². The molecule has 0 N–H and O–H groups in total. The topological polar surface area (TPSA) is 78.9 Å². The van der Waals surface area contributed by atoms with Gasteiger partial charge in [-0.2, -0.15) is 0 Å². The van der Waals surface area contributed by atoms with E-state index < -0.39 is 6.10 Å². The highest BCUT2D eigenvalue weighted by molar-refractivity contribution is 5.71. The summed E-state index contributed by atoms with van der Waals surface area (Å²) in [7, 11) is 0. The summed E-state index contributed by atoms with van der Waals surface area (Å²) < 4.78 is 16.9. The summed E-state index contributed by atoms with van der Waals surface area (Å²) in [6.07, 6.45) is 94.2. The van der Waals surface area contributed by atoms with Crippen molar-refractivity contribution in [2.24, 2.45) is 0 Å². The highest BCUT2D eigenvalue weighted by Crippen LogP contribution is 2.15. The van der Waals surface area contributed by atoms with Crippen LogP contribution in [0.5, 0.6) is 0 Å². The van der Waals surface area contributed by atoms with Crippen LogP contribution in [0.2, 0.25) is 0 Å². The molecular weight excluding hydrogens is 973 g/mol. The molecule has 6 heteroatoms. The van der Waals surface area contributed by atoms with E-state index in [2.05, 4.69) is 167 Å². The van der Waals surface area contributed by atoms with E-state index >= 15 is 0 Å². The molecule has 0 aliphatic rings. The average Bonchev–Trinajstić information content (AvgIpc) is 3.45. The first-order valence-electron chi connectivity index (χ1n) is 32.3. The van der Waals surface area contributed by atoms with Crippen molar-refractivity contribution in [3.63, 3.8) is 0 Å². The monoisotopic (exact) mass is 1090 g/mol. The standard InChI is InChI=1S/C73H118O6/c1-4-7-10-13-16-19-22-25-28-30-31-32-33-34-35-36-37-38-39-40-41-43-45-48-51-54-57-60-63-66-72(75)78-69-70(68-77-71(74)65-62-59-56-53-50-47-44-27-24-21-18-15-12-9-6-3)79-73(76)67-64-61-58-55-52-49-46-42-29-26-23-20-17-14-11-8-5-2/h7-8,10-11,16-21,25-29,31-32,34-35,37-38,40-41,44,70H,4-6,9,12-15,22-24,30,33,36,39,42-43,45-69H2,1-3H3/b10-7-,11-8-,19-16-,20-17-,21-18-,28-25-,29-26-,32-31-,35-34-,38-37-,41-40-,44-27-. The molecule has 446 valence electrons. The van der Waals surface area contributed by atoms with Crippen molar-refractivity contribution < 1.29 is 28.6 Å². The van der Waals surface area contributed by atoms with Crippen molar-refractivity contribution in [2.75, 3.05) is 13.2 Å². The number of rotatable bonds is 57. The Kier molecular flexibility index (Phi) is 61.9. The third-order valence-corrected chi connectivity index (χ3v) is 13.3. The Morgan fingerprint density at radius 3 is 0.772 bits per heavy atom. The summed E-state index contributed by atoms with van der Waals surface area (Å²) in [5, 5.41) is 0. The van der Waals surface area contributed by atoms with Gasteiger partial charge in [0.15, 0.2) is 6.10 Å². The number of esters is 3. The van der Waals surface area contributed by atoms with Crippen LogP contribution in [0.3, 0.4) is 0 Å². The zero-order chi connectivity index (χ0) is 57.1. The Morgan fingerprint density at radius 2 is 0.494 bits per heavy atom. The lowest BCUT2D eigenvalue weighted by molar-refractivity contribution is -0.167. The molecule has 0 aromatic heterocycles. The zero-order valence-electron chi connectivity index (χ0n) is 51.1. The van der Waals surface area contributed by atoms with Gasteiger partial charge in [-0.15, -0.1) is 0 Å². The molecule has 0 saturated carbocycles. The molecule has 6 nitrogen and oxygen atoms in total. The number of allylic oxidation sites excluding steroid dienone is 24. The molecule has 0 radical (unpaired) electrons. The van der Waals surface area contributed by atoms with Gasteiger partial charge >= 0.3 is 17.9 Å². The van der Waals surface area contributed by atoms with Crippen LogP contribution < -0.4 is 0 Å². The normalized spacial score (nSPS) is 13.1. The summed E-state index contributed by atoms with van der Waals surface area (Å²) in [4.78, 5) is 38.3. The molecule has 79 heavy (non-hydrogen) atoms. The lowest BCUT2D eigenvalue weighted by Gasteiger charge is -2.18. The van der Waals surface area contributed by atoms with E-state index in [0.29, 0.717) is 19.3 Å². The third-order valence-electron chi connectivity index (χ3n) is 13.3. The summed E-state index contributed by atoms with van der Waals surface area (Å²) in [6, 6.07) is 0.